The molecule has 0 aliphatic carbocycles. The van der Waals surface area contributed by atoms with Crippen LogP contribution in [0.2, 0.25) is 0 Å². The van der Waals surface area contributed by atoms with E-state index in [0.29, 0.717) is 11.1 Å². The summed E-state index contributed by atoms with van der Waals surface area (Å²) in [7, 11) is 0. The summed E-state index contributed by atoms with van der Waals surface area (Å²) in [6, 6.07) is 11.3. The maximum Gasteiger partial charge on any atom is 0.174 e. The maximum absolute atomic E-state index is 13.1. The first-order valence-corrected chi connectivity index (χ1v) is 12.4. The zero-order valence-corrected chi connectivity index (χ0v) is 21.0. The van der Waals surface area contributed by atoms with E-state index in [1.807, 2.05) is 0 Å². The molecule has 2 aliphatic heterocycles. The Morgan fingerprint density at radius 1 is 0.537 bits per heavy atom. The van der Waals surface area contributed by atoms with Crippen molar-refractivity contribution >= 4 is 11.6 Å². The zero-order chi connectivity index (χ0) is 29.2. The van der Waals surface area contributed by atoms with Gasteiger partial charge in [-0.1, -0.05) is 12.1 Å². The van der Waals surface area contributed by atoms with Crippen LogP contribution in [0.3, 0.4) is 0 Å². The fourth-order valence-electron chi connectivity index (χ4n) is 5.23. The number of hydrogen-bond donors (Lipinski definition) is 7. The van der Waals surface area contributed by atoms with Crippen LogP contribution >= 0.6 is 0 Å². The number of phenols is 7. The predicted octanol–water partition coefficient (Wildman–Crippen LogP) is 4.71. The van der Waals surface area contributed by atoms with Crippen molar-refractivity contribution in [2.24, 2.45) is 0 Å². The van der Waals surface area contributed by atoms with Gasteiger partial charge >= 0.3 is 0 Å². The van der Waals surface area contributed by atoms with Crippen LogP contribution in [0.5, 0.6) is 51.7 Å². The van der Waals surface area contributed by atoms with Crippen LogP contribution in [0.15, 0.2) is 54.6 Å². The van der Waals surface area contributed by atoms with Gasteiger partial charge in [-0.25, -0.2) is 0 Å². The third-order valence-corrected chi connectivity index (χ3v) is 7.17. The Labute approximate surface area is 231 Å². The largest absolute Gasteiger partial charge is 0.508 e. The normalized spacial score (nSPS) is 17.8. The molecule has 0 saturated carbocycles. The van der Waals surface area contributed by atoms with Gasteiger partial charge < -0.3 is 45.2 Å². The van der Waals surface area contributed by atoms with Crippen molar-refractivity contribution in [3.8, 4) is 62.9 Å². The van der Waals surface area contributed by atoms with E-state index in [-0.39, 0.29) is 63.8 Å². The van der Waals surface area contributed by atoms with Crippen molar-refractivity contribution in [2.75, 3.05) is 0 Å². The number of Topliss-reactive ketones (excluding diaryl/α,β-unsaturated/α-hetero) is 2. The van der Waals surface area contributed by atoms with Crippen LogP contribution in [0.4, 0.5) is 0 Å². The summed E-state index contributed by atoms with van der Waals surface area (Å²) in [6.07, 6.45) is -2.28. The highest BCUT2D eigenvalue weighted by Crippen LogP contribution is 2.52. The SMILES string of the molecule is O=C1C[C@H](c2ccc(O)c(-c3c(O)cc(O)c4c3O[C@H](c3ccc(O)c(O)c3)CC4=O)c2)Oc2cc(O)cc(O)c21. The van der Waals surface area contributed by atoms with E-state index in [0.717, 1.165) is 12.1 Å². The van der Waals surface area contributed by atoms with Crippen molar-refractivity contribution in [1.29, 1.82) is 0 Å². The topological polar surface area (TPSA) is 194 Å². The molecule has 0 bridgehead atoms. The molecule has 0 radical (unpaired) electrons. The van der Waals surface area contributed by atoms with E-state index in [2.05, 4.69) is 0 Å². The van der Waals surface area contributed by atoms with Crippen LogP contribution in [0.25, 0.3) is 11.1 Å². The fourth-order valence-corrected chi connectivity index (χ4v) is 5.23. The summed E-state index contributed by atoms with van der Waals surface area (Å²) < 4.78 is 12.0. The quantitative estimate of drug-likeness (QED) is 0.172. The van der Waals surface area contributed by atoms with Crippen LogP contribution in [-0.2, 0) is 0 Å². The average Bonchev–Trinajstić information content (AvgIpc) is 2.90. The van der Waals surface area contributed by atoms with Gasteiger partial charge in [0.2, 0.25) is 0 Å². The third-order valence-electron chi connectivity index (χ3n) is 7.17. The van der Waals surface area contributed by atoms with E-state index < -0.39 is 46.8 Å². The lowest BCUT2D eigenvalue weighted by atomic mass is 9.89. The van der Waals surface area contributed by atoms with Gasteiger partial charge in [0.15, 0.2) is 23.1 Å². The van der Waals surface area contributed by atoms with Crippen LogP contribution in [0.1, 0.15) is 56.9 Å². The van der Waals surface area contributed by atoms with Crippen molar-refractivity contribution in [1.82, 2.24) is 0 Å². The highest BCUT2D eigenvalue weighted by molar-refractivity contribution is 6.06. The molecule has 2 aliphatic rings. The van der Waals surface area contributed by atoms with Crippen molar-refractivity contribution in [3.05, 3.63) is 76.9 Å². The van der Waals surface area contributed by atoms with Gasteiger partial charge in [0, 0.05) is 23.8 Å². The van der Waals surface area contributed by atoms with Gasteiger partial charge in [-0.05, 0) is 35.4 Å². The maximum atomic E-state index is 13.1. The highest BCUT2D eigenvalue weighted by atomic mass is 16.5. The van der Waals surface area contributed by atoms with E-state index in [1.165, 1.54) is 42.5 Å². The molecule has 4 aromatic rings. The minimum atomic E-state index is -0.970. The van der Waals surface area contributed by atoms with E-state index >= 15 is 0 Å². The molecule has 4 aromatic carbocycles. The van der Waals surface area contributed by atoms with Crippen molar-refractivity contribution in [3.63, 3.8) is 0 Å². The molecule has 2 atom stereocenters. The lowest BCUT2D eigenvalue weighted by Crippen LogP contribution is -2.21. The second-order valence-electron chi connectivity index (χ2n) is 9.82. The third kappa shape index (κ3) is 4.24. The Bertz CT molecular complexity index is 1780. The van der Waals surface area contributed by atoms with Crippen LogP contribution in [0, 0.1) is 0 Å². The molecule has 0 aromatic heterocycles. The number of aromatic hydroxyl groups is 7. The smallest absolute Gasteiger partial charge is 0.174 e. The number of phenolic OH excluding ortho intramolecular Hbond substituents is 7. The number of hydrogen-bond acceptors (Lipinski definition) is 11. The second-order valence-corrected chi connectivity index (χ2v) is 9.82. The lowest BCUT2D eigenvalue weighted by molar-refractivity contribution is 0.0834. The van der Waals surface area contributed by atoms with Crippen molar-refractivity contribution in [2.45, 2.75) is 25.0 Å². The summed E-state index contributed by atoms with van der Waals surface area (Å²) >= 11 is 0. The average molecular weight is 558 g/mol. The molecule has 0 amide bonds. The van der Waals surface area contributed by atoms with Crippen molar-refractivity contribution < 1.29 is 54.8 Å². The Kier molecular flexibility index (Phi) is 5.80. The fraction of sp³-hybridized carbons (Fsp3) is 0.133. The Hall–Kier alpha value is -5.58. The first-order chi connectivity index (χ1) is 19.5. The number of rotatable bonds is 3. The summed E-state index contributed by atoms with van der Waals surface area (Å²) in [6.45, 7) is 0. The monoisotopic (exact) mass is 558 g/mol. The number of ketones is 2. The molecule has 0 spiro atoms. The van der Waals surface area contributed by atoms with E-state index in [4.69, 9.17) is 9.47 Å². The molecular weight excluding hydrogens is 536 g/mol. The number of carbonyl (C=O) groups is 2. The number of fused-ring (bicyclic) bond motifs is 2. The summed E-state index contributed by atoms with van der Waals surface area (Å²) in [5, 5.41) is 71.8. The van der Waals surface area contributed by atoms with Crippen LogP contribution in [-0.4, -0.2) is 47.3 Å². The molecule has 2 heterocycles. The van der Waals surface area contributed by atoms with Gasteiger partial charge in [-0.15, -0.1) is 0 Å². The molecule has 11 heteroatoms. The molecule has 0 saturated heterocycles. The number of ether oxygens (including phenoxy) is 2. The predicted molar refractivity (Wildman–Crippen MR) is 141 cm³/mol. The van der Waals surface area contributed by atoms with Gasteiger partial charge in [-0.2, -0.15) is 0 Å². The van der Waals surface area contributed by atoms with Crippen LogP contribution < -0.4 is 9.47 Å². The zero-order valence-electron chi connectivity index (χ0n) is 21.0. The Morgan fingerprint density at radius 3 is 1.83 bits per heavy atom. The molecule has 0 fully saturated rings. The van der Waals surface area contributed by atoms with Gasteiger partial charge in [0.05, 0.1) is 18.4 Å². The molecule has 6 rings (SSSR count). The van der Waals surface area contributed by atoms with E-state index in [1.54, 1.807) is 0 Å². The molecule has 11 nitrogen and oxygen atoms in total. The number of benzene rings is 4. The van der Waals surface area contributed by atoms with E-state index in [9.17, 15) is 45.3 Å². The molecule has 7 N–H and O–H groups in total. The first kappa shape index (κ1) is 25.7. The van der Waals surface area contributed by atoms with Gasteiger partial charge in [-0.3, -0.25) is 9.59 Å². The minimum absolute atomic E-state index is 0.00106. The van der Waals surface area contributed by atoms with Gasteiger partial charge in [0.25, 0.3) is 0 Å². The summed E-state index contributed by atoms with van der Waals surface area (Å²) in [5.41, 5.74) is 0.315. The second kappa shape index (κ2) is 9.26. The molecule has 208 valence electrons. The minimum Gasteiger partial charge on any atom is -0.508 e. The molecule has 41 heavy (non-hydrogen) atoms. The summed E-state index contributed by atoms with van der Waals surface area (Å²) in [5.74, 6) is -4.13. The Morgan fingerprint density at radius 2 is 1.12 bits per heavy atom. The van der Waals surface area contributed by atoms with Gasteiger partial charge in [0.1, 0.15) is 63.6 Å². The first-order valence-electron chi connectivity index (χ1n) is 12.4. The Balaban J connectivity index is 1.45. The molecule has 0 unspecified atom stereocenters. The molecular formula is C30H22O11. The summed E-state index contributed by atoms with van der Waals surface area (Å²) in [4.78, 5) is 26.0. The standard InChI is InChI=1S/C30H22O11/c31-14-7-19(35)28-22(38)10-24(40-26(28)8-14)12-1-3-16(32)15(5-12)27-20(36)9-21(37)29-23(39)11-25(41-30(27)29)13-2-4-17(33)18(34)6-13/h1-9,24-25,31-37H,10-11H2/t24-,25+/m1/s1. The lowest BCUT2D eigenvalue weighted by Gasteiger charge is -2.29. The number of carbonyl (C=O) groups excluding carboxylic acids is 2. The highest BCUT2D eigenvalue weighted by Gasteiger charge is 2.36.